The van der Waals surface area contributed by atoms with E-state index in [9.17, 15) is 4.39 Å². The van der Waals surface area contributed by atoms with Crippen molar-refractivity contribution in [2.75, 3.05) is 14.2 Å². The Morgan fingerprint density at radius 1 is 1.07 bits per heavy atom. The smallest absolute Gasteiger partial charge is 0.211 e. The van der Waals surface area contributed by atoms with Gasteiger partial charge in [-0.1, -0.05) is 0 Å². The van der Waals surface area contributed by atoms with Crippen molar-refractivity contribution in [3.63, 3.8) is 0 Å². The van der Waals surface area contributed by atoms with Crippen LogP contribution in [0.15, 0.2) is 80.8 Å². The number of hydrogen-bond donors (Lipinski definition) is 0. The summed E-state index contributed by atoms with van der Waals surface area (Å²) < 4.78 is 31.2. The lowest BCUT2D eigenvalue weighted by atomic mass is 10.2. The van der Waals surface area contributed by atoms with E-state index in [1.807, 2.05) is 35.7 Å². The van der Waals surface area contributed by atoms with Crippen LogP contribution in [0.1, 0.15) is 5.56 Å². The van der Waals surface area contributed by atoms with Crippen LogP contribution in [0.4, 0.5) is 10.1 Å². The molecule has 0 bridgehead atoms. The molecule has 0 N–H and O–H groups in total. The largest absolute Gasteiger partial charge is 0.497 e. The molecule has 0 fully saturated rings. The highest BCUT2D eigenvalue weighted by molar-refractivity contribution is 7.07. The Labute approximate surface area is 176 Å². The maximum Gasteiger partial charge on any atom is 0.211 e. The topological polar surface area (TPSA) is 61.2 Å². The van der Waals surface area contributed by atoms with Gasteiger partial charge in [0.15, 0.2) is 5.76 Å². The fourth-order valence-corrected chi connectivity index (χ4v) is 3.61. The normalized spacial score (nSPS) is 11.9. The van der Waals surface area contributed by atoms with Gasteiger partial charge in [0.2, 0.25) is 4.80 Å². The number of halogens is 1. The Morgan fingerprint density at radius 3 is 2.60 bits per heavy atom. The highest BCUT2D eigenvalue weighted by atomic mass is 32.1. The van der Waals surface area contributed by atoms with Gasteiger partial charge in [-0.2, -0.15) is 5.10 Å². The predicted octanol–water partition coefficient (Wildman–Crippen LogP) is 5.08. The van der Waals surface area contributed by atoms with Crippen LogP contribution < -0.4 is 14.3 Å². The van der Waals surface area contributed by atoms with Gasteiger partial charge in [0.1, 0.15) is 23.0 Å². The highest BCUT2D eigenvalue weighted by Crippen LogP contribution is 2.24. The number of rotatable bonds is 6. The molecule has 2 heterocycles. The second kappa shape index (κ2) is 8.79. The van der Waals surface area contributed by atoms with E-state index in [-0.39, 0.29) is 5.82 Å². The minimum absolute atomic E-state index is 0.313. The zero-order valence-corrected chi connectivity index (χ0v) is 17.1. The summed E-state index contributed by atoms with van der Waals surface area (Å²) in [6, 6.07) is 15.1. The lowest BCUT2D eigenvalue weighted by molar-refractivity contribution is 0.402. The molecule has 0 aliphatic carbocycles. The molecule has 4 rings (SSSR count). The molecule has 0 radical (unpaired) electrons. The minimum Gasteiger partial charge on any atom is -0.497 e. The van der Waals surface area contributed by atoms with Crippen LogP contribution in [-0.4, -0.2) is 25.1 Å². The SMILES string of the molecule is COc1ccc(OC)c(C=Nn2c(-c3ccco3)csc2=Nc2ccc(F)cc2)c1. The Bertz CT molecular complexity index is 1230. The van der Waals surface area contributed by atoms with Gasteiger partial charge in [-0.25, -0.2) is 14.1 Å². The van der Waals surface area contributed by atoms with Crippen molar-refractivity contribution in [2.24, 2.45) is 10.1 Å². The van der Waals surface area contributed by atoms with Crippen molar-refractivity contribution >= 4 is 23.2 Å². The van der Waals surface area contributed by atoms with Gasteiger partial charge < -0.3 is 13.9 Å². The summed E-state index contributed by atoms with van der Waals surface area (Å²) >= 11 is 1.40. The number of hydrogen-bond acceptors (Lipinski definition) is 6. The van der Waals surface area contributed by atoms with Crippen LogP contribution in [0.25, 0.3) is 11.5 Å². The van der Waals surface area contributed by atoms with Crippen LogP contribution in [0.3, 0.4) is 0 Å². The zero-order chi connectivity index (χ0) is 20.9. The van der Waals surface area contributed by atoms with Crippen molar-refractivity contribution < 1.29 is 18.3 Å². The second-order valence-corrected chi connectivity index (χ2v) is 6.97. The summed E-state index contributed by atoms with van der Waals surface area (Å²) in [5.41, 5.74) is 2.10. The Hall–Kier alpha value is -3.65. The molecule has 0 amide bonds. The lowest BCUT2D eigenvalue weighted by Gasteiger charge is -2.07. The summed E-state index contributed by atoms with van der Waals surface area (Å²) in [5.74, 6) is 1.69. The van der Waals surface area contributed by atoms with E-state index in [4.69, 9.17) is 13.9 Å². The highest BCUT2D eigenvalue weighted by Gasteiger charge is 2.11. The van der Waals surface area contributed by atoms with Crippen LogP contribution in [0.2, 0.25) is 0 Å². The van der Waals surface area contributed by atoms with Crippen molar-refractivity contribution in [3.05, 3.63) is 82.4 Å². The van der Waals surface area contributed by atoms with Crippen LogP contribution in [-0.2, 0) is 0 Å². The molecule has 0 atom stereocenters. The quantitative estimate of drug-likeness (QED) is 0.406. The third kappa shape index (κ3) is 4.18. The molecule has 152 valence electrons. The molecule has 0 spiro atoms. The second-order valence-electron chi connectivity index (χ2n) is 6.13. The van der Waals surface area contributed by atoms with Crippen molar-refractivity contribution in [2.45, 2.75) is 0 Å². The average Bonchev–Trinajstić information content (AvgIpc) is 3.43. The van der Waals surface area contributed by atoms with Crippen molar-refractivity contribution in [1.82, 2.24) is 4.68 Å². The van der Waals surface area contributed by atoms with Gasteiger partial charge in [0.05, 0.1) is 32.4 Å². The van der Waals surface area contributed by atoms with Crippen LogP contribution >= 0.6 is 11.3 Å². The van der Waals surface area contributed by atoms with E-state index >= 15 is 0 Å². The van der Waals surface area contributed by atoms with E-state index < -0.39 is 0 Å². The van der Waals surface area contributed by atoms with E-state index in [0.717, 1.165) is 11.3 Å². The summed E-state index contributed by atoms with van der Waals surface area (Å²) in [6.45, 7) is 0. The van der Waals surface area contributed by atoms with Gasteiger partial charge in [0.25, 0.3) is 0 Å². The predicted molar refractivity (Wildman–Crippen MR) is 114 cm³/mol. The fourth-order valence-electron chi connectivity index (χ4n) is 2.77. The van der Waals surface area contributed by atoms with E-state index in [0.29, 0.717) is 27.7 Å². The third-order valence-electron chi connectivity index (χ3n) is 4.26. The minimum atomic E-state index is -0.313. The Kier molecular flexibility index (Phi) is 5.76. The molecule has 30 heavy (non-hydrogen) atoms. The number of aromatic nitrogens is 1. The molecular weight excluding hydrogens is 405 g/mol. The van der Waals surface area contributed by atoms with E-state index in [1.165, 1.54) is 23.5 Å². The number of thiazole rings is 1. The first kappa shape index (κ1) is 19.7. The summed E-state index contributed by atoms with van der Waals surface area (Å²) in [6.07, 6.45) is 3.27. The van der Waals surface area contributed by atoms with Crippen molar-refractivity contribution in [3.8, 4) is 23.0 Å². The number of ether oxygens (including phenoxy) is 2. The van der Waals surface area contributed by atoms with Gasteiger partial charge in [0, 0.05) is 10.9 Å². The molecule has 4 aromatic rings. The van der Waals surface area contributed by atoms with Gasteiger partial charge in [-0.05, 0) is 54.6 Å². The molecule has 0 aliphatic rings. The van der Waals surface area contributed by atoms with Gasteiger partial charge in [-0.3, -0.25) is 0 Å². The van der Waals surface area contributed by atoms with E-state index in [2.05, 4.69) is 10.1 Å². The third-order valence-corrected chi connectivity index (χ3v) is 5.08. The standard InChI is InChI=1S/C22H18FN3O3S/c1-27-18-9-10-20(28-2)15(12-18)13-24-26-19(21-4-3-11-29-21)14-30-22(26)25-17-7-5-16(23)6-8-17/h3-14H,1-2H3. The van der Waals surface area contributed by atoms with Gasteiger partial charge in [-0.15, -0.1) is 11.3 Å². The first-order valence-electron chi connectivity index (χ1n) is 8.99. The molecule has 6 nitrogen and oxygen atoms in total. The molecule has 0 saturated heterocycles. The summed E-state index contributed by atoms with van der Waals surface area (Å²) in [4.78, 5) is 5.21. The summed E-state index contributed by atoms with van der Waals surface area (Å²) in [5, 5.41) is 6.53. The monoisotopic (exact) mass is 423 g/mol. The Balaban J connectivity index is 1.82. The number of nitrogens with zero attached hydrogens (tertiary/aromatic N) is 3. The fraction of sp³-hybridized carbons (Fsp3) is 0.0909. The first-order chi connectivity index (χ1) is 14.7. The maximum absolute atomic E-state index is 13.2. The van der Waals surface area contributed by atoms with E-state index in [1.54, 1.807) is 43.5 Å². The summed E-state index contributed by atoms with van der Waals surface area (Å²) in [7, 11) is 3.20. The molecule has 0 unspecified atom stereocenters. The molecule has 0 saturated carbocycles. The molecular formula is C22H18FN3O3S. The van der Waals surface area contributed by atoms with Gasteiger partial charge >= 0.3 is 0 Å². The molecule has 2 aromatic heterocycles. The average molecular weight is 423 g/mol. The number of furan rings is 1. The number of methoxy groups -OCH3 is 2. The Morgan fingerprint density at radius 2 is 1.90 bits per heavy atom. The molecule has 8 heteroatoms. The zero-order valence-electron chi connectivity index (χ0n) is 16.3. The first-order valence-corrected chi connectivity index (χ1v) is 9.87. The maximum atomic E-state index is 13.2. The lowest BCUT2D eigenvalue weighted by Crippen LogP contribution is -2.11. The van der Waals surface area contributed by atoms with Crippen molar-refractivity contribution in [1.29, 1.82) is 0 Å². The number of benzene rings is 2. The molecule has 0 aliphatic heterocycles. The van der Waals surface area contributed by atoms with Crippen LogP contribution in [0, 0.1) is 5.82 Å². The molecule has 2 aromatic carbocycles. The van der Waals surface area contributed by atoms with Crippen LogP contribution in [0.5, 0.6) is 11.5 Å².